The summed E-state index contributed by atoms with van der Waals surface area (Å²) >= 11 is 0. The van der Waals surface area contributed by atoms with E-state index in [-0.39, 0.29) is 24.5 Å². The van der Waals surface area contributed by atoms with E-state index in [1.165, 1.54) is 11.4 Å². The molecule has 0 radical (unpaired) electrons. The molecule has 6 heteroatoms. The fourth-order valence-electron chi connectivity index (χ4n) is 1.80. The molecule has 2 atom stereocenters. The van der Waals surface area contributed by atoms with Gasteiger partial charge in [-0.3, -0.25) is 4.79 Å². The monoisotopic (exact) mass is 221 g/mol. The second-order valence-corrected chi connectivity index (χ2v) is 5.57. The Morgan fingerprint density at radius 2 is 2.07 bits per heavy atom. The third-order valence-electron chi connectivity index (χ3n) is 2.48. The van der Waals surface area contributed by atoms with Crippen LogP contribution in [-0.2, 0) is 19.6 Å². The van der Waals surface area contributed by atoms with E-state index in [1.54, 1.807) is 6.92 Å². The van der Waals surface area contributed by atoms with Crippen molar-refractivity contribution in [2.24, 2.45) is 5.92 Å². The Labute approximate surface area is 84.1 Å². The maximum absolute atomic E-state index is 11.3. The van der Waals surface area contributed by atoms with Gasteiger partial charge in [0.1, 0.15) is 0 Å². The van der Waals surface area contributed by atoms with E-state index in [4.69, 9.17) is 0 Å². The van der Waals surface area contributed by atoms with Crippen molar-refractivity contribution in [3.63, 3.8) is 0 Å². The Morgan fingerprint density at radius 3 is 2.43 bits per heavy atom. The lowest BCUT2D eigenvalue weighted by Gasteiger charge is -2.17. The van der Waals surface area contributed by atoms with Crippen molar-refractivity contribution in [1.29, 1.82) is 0 Å². The Morgan fingerprint density at radius 1 is 1.50 bits per heavy atom. The van der Waals surface area contributed by atoms with Crippen LogP contribution in [0.15, 0.2) is 0 Å². The Kier molecular flexibility index (Phi) is 3.16. The van der Waals surface area contributed by atoms with Crippen LogP contribution in [0.4, 0.5) is 0 Å². The first-order chi connectivity index (χ1) is 6.36. The second-order valence-electron chi connectivity index (χ2n) is 3.64. The van der Waals surface area contributed by atoms with Crippen LogP contribution in [0.5, 0.6) is 0 Å². The number of methoxy groups -OCH3 is 1. The average molecular weight is 221 g/mol. The molecule has 82 valence electrons. The topological polar surface area (TPSA) is 63.7 Å². The largest absolute Gasteiger partial charge is 0.469 e. The van der Waals surface area contributed by atoms with Crippen LogP contribution in [0.3, 0.4) is 0 Å². The molecule has 0 amide bonds. The number of esters is 1. The number of hydrogen-bond acceptors (Lipinski definition) is 4. The van der Waals surface area contributed by atoms with Gasteiger partial charge < -0.3 is 4.74 Å². The van der Waals surface area contributed by atoms with Crippen LogP contribution >= 0.6 is 0 Å². The van der Waals surface area contributed by atoms with Gasteiger partial charge >= 0.3 is 5.97 Å². The van der Waals surface area contributed by atoms with Gasteiger partial charge in [-0.25, -0.2) is 8.42 Å². The lowest BCUT2D eigenvalue weighted by molar-refractivity contribution is -0.144. The summed E-state index contributed by atoms with van der Waals surface area (Å²) in [5.74, 6) is -0.646. The molecule has 0 spiro atoms. The SMILES string of the molecule is COC(=O)[C@@H]1C[C@@H](C)N(S(C)(=O)=O)C1. The predicted octanol–water partition coefficient (Wildman–Crippen LogP) is -0.171. The summed E-state index contributed by atoms with van der Waals surface area (Å²) < 4.78 is 28.5. The molecule has 1 rings (SSSR count). The van der Waals surface area contributed by atoms with E-state index in [0.29, 0.717) is 6.42 Å². The van der Waals surface area contributed by atoms with Gasteiger partial charge in [0.05, 0.1) is 19.3 Å². The van der Waals surface area contributed by atoms with Crippen LogP contribution < -0.4 is 0 Å². The molecule has 0 N–H and O–H groups in total. The van der Waals surface area contributed by atoms with Crippen molar-refractivity contribution < 1.29 is 17.9 Å². The van der Waals surface area contributed by atoms with Gasteiger partial charge in [0.15, 0.2) is 0 Å². The number of rotatable bonds is 2. The van der Waals surface area contributed by atoms with Crippen molar-refractivity contribution in [3.8, 4) is 0 Å². The minimum absolute atomic E-state index is 0.117. The molecule has 0 aliphatic carbocycles. The van der Waals surface area contributed by atoms with E-state index in [2.05, 4.69) is 4.74 Å². The van der Waals surface area contributed by atoms with Crippen molar-refractivity contribution in [2.45, 2.75) is 19.4 Å². The minimum atomic E-state index is -3.20. The van der Waals surface area contributed by atoms with Gasteiger partial charge in [-0.2, -0.15) is 4.31 Å². The first-order valence-corrected chi connectivity index (χ1v) is 6.25. The summed E-state index contributed by atoms with van der Waals surface area (Å²) in [5, 5.41) is 0. The zero-order valence-electron chi connectivity index (χ0n) is 8.56. The summed E-state index contributed by atoms with van der Waals surface area (Å²) in [7, 11) is -1.89. The number of carbonyl (C=O) groups excluding carboxylic acids is 1. The molecule has 1 aliphatic heterocycles. The first-order valence-electron chi connectivity index (χ1n) is 4.41. The number of sulfonamides is 1. The quantitative estimate of drug-likeness (QED) is 0.607. The van der Waals surface area contributed by atoms with Crippen molar-refractivity contribution in [3.05, 3.63) is 0 Å². The normalized spacial score (nSPS) is 29.1. The summed E-state index contributed by atoms with van der Waals surface area (Å²) in [4.78, 5) is 11.2. The summed E-state index contributed by atoms with van der Waals surface area (Å²) in [6.07, 6.45) is 1.70. The van der Waals surface area contributed by atoms with E-state index >= 15 is 0 Å². The molecule has 5 nitrogen and oxygen atoms in total. The third-order valence-corrected chi connectivity index (χ3v) is 3.84. The highest BCUT2D eigenvalue weighted by Crippen LogP contribution is 2.25. The van der Waals surface area contributed by atoms with Gasteiger partial charge in [0, 0.05) is 12.6 Å². The Balaban J connectivity index is 2.75. The number of nitrogens with zero attached hydrogens (tertiary/aromatic N) is 1. The Hall–Kier alpha value is -0.620. The van der Waals surface area contributed by atoms with Crippen LogP contribution in [0, 0.1) is 5.92 Å². The lowest BCUT2D eigenvalue weighted by atomic mass is 10.1. The van der Waals surface area contributed by atoms with E-state index < -0.39 is 10.0 Å². The van der Waals surface area contributed by atoms with Gasteiger partial charge in [0.2, 0.25) is 10.0 Å². The molecule has 0 unspecified atom stereocenters. The molecule has 0 saturated carbocycles. The van der Waals surface area contributed by atoms with Crippen molar-refractivity contribution in [1.82, 2.24) is 4.31 Å². The molecule has 0 aromatic heterocycles. The predicted molar refractivity (Wildman–Crippen MR) is 51.1 cm³/mol. The maximum Gasteiger partial charge on any atom is 0.310 e. The van der Waals surface area contributed by atoms with E-state index in [0.717, 1.165) is 6.26 Å². The third kappa shape index (κ3) is 2.24. The van der Waals surface area contributed by atoms with Gasteiger partial charge in [-0.15, -0.1) is 0 Å². The maximum atomic E-state index is 11.3. The molecular weight excluding hydrogens is 206 g/mol. The molecule has 1 fully saturated rings. The lowest BCUT2D eigenvalue weighted by Crippen LogP contribution is -2.33. The fraction of sp³-hybridized carbons (Fsp3) is 0.875. The Bertz CT molecular complexity index is 324. The van der Waals surface area contributed by atoms with Gasteiger partial charge in [-0.05, 0) is 13.3 Å². The molecule has 1 saturated heterocycles. The van der Waals surface area contributed by atoms with Crippen LogP contribution in [-0.4, -0.2) is 44.6 Å². The summed E-state index contributed by atoms with van der Waals surface area (Å²) in [6.45, 7) is 2.04. The molecule has 0 aromatic carbocycles. The highest BCUT2D eigenvalue weighted by Gasteiger charge is 2.38. The van der Waals surface area contributed by atoms with Crippen LogP contribution in [0.2, 0.25) is 0 Å². The molecule has 14 heavy (non-hydrogen) atoms. The van der Waals surface area contributed by atoms with Crippen LogP contribution in [0.1, 0.15) is 13.3 Å². The molecule has 1 aliphatic rings. The van der Waals surface area contributed by atoms with Gasteiger partial charge in [0.25, 0.3) is 0 Å². The van der Waals surface area contributed by atoms with Crippen molar-refractivity contribution >= 4 is 16.0 Å². The fourth-order valence-corrected chi connectivity index (χ4v) is 2.99. The molecule has 0 aromatic rings. The summed E-state index contributed by atoms with van der Waals surface area (Å²) in [6, 6.07) is -0.117. The second kappa shape index (κ2) is 3.86. The number of carbonyl (C=O) groups is 1. The molecule has 0 bridgehead atoms. The van der Waals surface area contributed by atoms with E-state index in [1.807, 2.05) is 0 Å². The molecular formula is C8H15NO4S. The zero-order chi connectivity index (χ0) is 10.9. The van der Waals surface area contributed by atoms with E-state index in [9.17, 15) is 13.2 Å². The van der Waals surface area contributed by atoms with Crippen molar-refractivity contribution in [2.75, 3.05) is 19.9 Å². The number of ether oxygens (including phenoxy) is 1. The number of hydrogen-bond donors (Lipinski definition) is 0. The highest BCUT2D eigenvalue weighted by atomic mass is 32.2. The van der Waals surface area contributed by atoms with Gasteiger partial charge in [-0.1, -0.05) is 0 Å². The first kappa shape index (κ1) is 11.5. The highest BCUT2D eigenvalue weighted by molar-refractivity contribution is 7.88. The summed E-state index contributed by atoms with van der Waals surface area (Å²) in [5.41, 5.74) is 0. The smallest absolute Gasteiger partial charge is 0.310 e. The molecule has 1 heterocycles. The standard InChI is InChI=1S/C8H15NO4S/c1-6-4-7(8(10)13-2)5-9(6)14(3,11)12/h6-7H,4-5H2,1-3H3/t6-,7-/m1/s1. The average Bonchev–Trinajstić information content (AvgIpc) is 2.45. The zero-order valence-corrected chi connectivity index (χ0v) is 9.37. The minimum Gasteiger partial charge on any atom is -0.469 e. The van der Waals surface area contributed by atoms with Crippen LogP contribution in [0.25, 0.3) is 0 Å².